The van der Waals surface area contributed by atoms with Crippen molar-refractivity contribution in [2.45, 2.75) is 52.9 Å². The van der Waals surface area contributed by atoms with Gasteiger partial charge in [-0.25, -0.2) is 4.98 Å². The first-order valence-corrected chi connectivity index (χ1v) is 13.7. The maximum Gasteiger partial charge on any atom is 0.161 e. The second-order valence-electron chi connectivity index (χ2n) is 9.66. The SMILES string of the molecule is CCCCn1cnc(-c2ccccc2)c1CN(Cc1cccc(OCC)c1)Cc1ccc2c(c1)OCCO2. The number of hydrogen-bond acceptors (Lipinski definition) is 5. The van der Waals surface area contributed by atoms with Crippen molar-refractivity contribution in [2.24, 2.45) is 0 Å². The molecule has 0 bridgehead atoms. The van der Waals surface area contributed by atoms with Gasteiger partial charge in [-0.1, -0.05) is 61.9 Å². The Bertz CT molecular complexity index is 1320. The molecule has 1 aliphatic heterocycles. The minimum absolute atomic E-state index is 0.585. The zero-order valence-electron chi connectivity index (χ0n) is 22.4. The zero-order valence-corrected chi connectivity index (χ0v) is 22.4. The van der Waals surface area contributed by atoms with E-state index in [9.17, 15) is 0 Å². The van der Waals surface area contributed by atoms with Crippen LogP contribution in [0.15, 0.2) is 79.1 Å². The van der Waals surface area contributed by atoms with E-state index in [1.165, 1.54) is 16.8 Å². The molecule has 0 amide bonds. The molecule has 3 aromatic carbocycles. The average molecular weight is 512 g/mol. The minimum Gasteiger partial charge on any atom is -0.494 e. The van der Waals surface area contributed by atoms with E-state index in [1.807, 2.05) is 25.4 Å². The first kappa shape index (κ1) is 25.9. The molecule has 0 aliphatic carbocycles. The van der Waals surface area contributed by atoms with Gasteiger partial charge in [0.15, 0.2) is 11.5 Å². The van der Waals surface area contributed by atoms with E-state index >= 15 is 0 Å². The molecule has 198 valence electrons. The van der Waals surface area contributed by atoms with Crippen LogP contribution in [0, 0.1) is 0 Å². The molecular weight excluding hydrogens is 474 g/mol. The molecule has 0 N–H and O–H groups in total. The predicted molar refractivity (Wildman–Crippen MR) is 151 cm³/mol. The third kappa shape index (κ3) is 6.37. The summed E-state index contributed by atoms with van der Waals surface area (Å²) in [5.41, 5.74) is 5.85. The molecule has 0 saturated carbocycles. The lowest BCUT2D eigenvalue weighted by Gasteiger charge is -2.25. The molecule has 38 heavy (non-hydrogen) atoms. The fraction of sp³-hybridized carbons (Fsp3) is 0.344. The molecule has 0 saturated heterocycles. The predicted octanol–water partition coefficient (Wildman–Crippen LogP) is 6.72. The van der Waals surface area contributed by atoms with Crippen LogP contribution in [0.3, 0.4) is 0 Å². The summed E-state index contributed by atoms with van der Waals surface area (Å²) in [5.74, 6) is 2.55. The largest absolute Gasteiger partial charge is 0.494 e. The molecule has 1 aromatic heterocycles. The van der Waals surface area contributed by atoms with Crippen LogP contribution in [-0.2, 0) is 26.2 Å². The first-order chi connectivity index (χ1) is 18.7. The summed E-state index contributed by atoms with van der Waals surface area (Å²) in [6.45, 7) is 9.36. The van der Waals surface area contributed by atoms with Crippen LogP contribution in [0.2, 0.25) is 0 Å². The molecule has 0 spiro atoms. The van der Waals surface area contributed by atoms with Crippen LogP contribution in [0.4, 0.5) is 0 Å². The fourth-order valence-electron chi connectivity index (χ4n) is 4.91. The Hall–Kier alpha value is -3.77. The van der Waals surface area contributed by atoms with E-state index in [0.29, 0.717) is 19.8 Å². The standard InChI is InChI=1S/C32H37N3O3/c1-3-5-16-35-24-33-32(27-11-7-6-8-12-27)29(35)23-34(21-25-10-9-13-28(19-25)36-4-2)22-26-14-15-30-31(20-26)38-18-17-37-30/h6-15,19-20,24H,3-5,16-18,21-23H2,1-2H3. The van der Waals surface area contributed by atoms with Crippen molar-refractivity contribution in [3.8, 4) is 28.5 Å². The van der Waals surface area contributed by atoms with Gasteiger partial charge in [0.1, 0.15) is 19.0 Å². The molecule has 5 rings (SSSR count). The van der Waals surface area contributed by atoms with Gasteiger partial charge in [-0.15, -0.1) is 0 Å². The van der Waals surface area contributed by atoms with Gasteiger partial charge in [0.25, 0.3) is 0 Å². The fourth-order valence-corrected chi connectivity index (χ4v) is 4.91. The van der Waals surface area contributed by atoms with Crippen molar-refractivity contribution in [1.29, 1.82) is 0 Å². The Labute approximate surface area is 225 Å². The highest BCUT2D eigenvalue weighted by Gasteiger charge is 2.19. The van der Waals surface area contributed by atoms with Gasteiger partial charge in [-0.05, 0) is 48.7 Å². The van der Waals surface area contributed by atoms with Crippen molar-refractivity contribution in [1.82, 2.24) is 14.5 Å². The van der Waals surface area contributed by atoms with Gasteiger partial charge in [0.2, 0.25) is 0 Å². The molecule has 0 unspecified atom stereocenters. The van der Waals surface area contributed by atoms with Crippen LogP contribution in [0.25, 0.3) is 11.3 Å². The highest BCUT2D eigenvalue weighted by Crippen LogP contribution is 2.32. The number of aromatic nitrogens is 2. The van der Waals surface area contributed by atoms with E-state index in [0.717, 1.165) is 67.5 Å². The van der Waals surface area contributed by atoms with Crippen molar-refractivity contribution < 1.29 is 14.2 Å². The molecule has 0 atom stereocenters. The van der Waals surface area contributed by atoms with Gasteiger partial charge in [-0.2, -0.15) is 0 Å². The minimum atomic E-state index is 0.585. The third-order valence-corrected chi connectivity index (χ3v) is 6.75. The van der Waals surface area contributed by atoms with E-state index in [1.54, 1.807) is 0 Å². The second kappa shape index (κ2) is 12.7. The van der Waals surface area contributed by atoms with Crippen LogP contribution in [-0.4, -0.2) is 34.3 Å². The molecule has 4 aromatic rings. The number of aryl methyl sites for hydroxylation is 1. The second-order valence-corrected chi connectivity index (χ2v) is 9.66. The summed E-state index contributed by atoms with van der Waals surface area (Å²) in [6, 6.07) is 25.2. The number of nitrogens with zero attached hydrogens (tertiary/aromatic N) is 3. The smallest absolute Gasteiger partial charge is 0.161 e. The van der Waals surface area contributed by atoms with Crippen molar-refractivity contribution in [3.05, 3.63) is 95.9 Å². The Balaban J connectivity index is 1.48. The monoisotopic (exact) mass is 511 g/mol. The van der Waals surface area contributed by atoms with Gasteiger partial charge in [0.05, 0.1) is 24.3 Å². The van der Waals surface area contributed by atoms with E-state index in [2.05, 4.69) is 77.1 Å². The van der Waals surface area contributed by atoms with Crippen molar-refractivity contribution >= 4 is 0 Å². The maximum atomic E-state index is 5.88. The first-order valence-electron chi connectivity index (χ1n) is 13.7. The topological polar surface area (TPSA) is 48.8 Å². The number of imidazole rings is 1. The molecule has 6 heteroatoms. The molecule has 6 nitrogen and oxygen atoms in total. The third-order valence-electron chi connectivity index (χ3n) is 6.75. The molecular formula is C32H37N3O3. The summed E-state index contributed by atoms with van der Waals surface area (Å²) in [4.78, 5) is 7.36. The van der Waals surface area contributed by atoms with E-state index in [4.69, 9.17) is 19.2 Å². The highest BCUT2D eigenvalue weighted by atomic mass is 16.6. The van der Waals surface area contributed by atoms with Crippen LogP contribution in [0.1, 0.15) is 43.5 Å². The van der Waals surface area contributed by atoms with Gasteiger partial charge in [-0.3, -0.25) is 4.90 Å². The number of ether oxygens (including phenoxy) is 3. The normalized spacial score (nSPS) is 12.6. The average Bonchev–Trinajstić information content (AvgIpc) is 3.34. The number of rotatable bonds is 12. The number of fused-ring (bicyclic) bond motifs is 1. The van der Waals surface area contributed by atoms with Gasteiger partial charge >= 0.3 is 0 Å². The van der Waals surface area contributed by atoms with E-state index < -0.39 is 0 Å². The number of hydrogen-bond donors (Lipinski definition) is 0. The van der Waals surface area contributed by atoms with Gasteiger partial charge < -0.3 is 18.8 Å². The maximum absolute atomic E-state index is 5.88. The van der Waals surface area contributed by atoms with Gasteiger partial charge in [0, 0.05) is 31.7 Å². The quantitative estimate of drug-likeness (QED) is 0.211. The molecule has 2 heterocycles. The number of unbranched alkanes of at least 4 members (excludes halogenated alkanes) is 1. The van der Waals surface area contributed by atoms with Crippen molar-refractivity contribution in [2.75, 3.05) is 19.8 Å². The Morgan fingerprint density at radius 2 is 1.63 bits per heavy atom. The lowest BCUT2D eigenvalue weighted by Crippen LogP contribution is -2.24. The summed E-state index contributed by atoms with van der Waals surface area (Å²) in [5, 5.41) is 0. The summed E-state index contributed by atoms with van der Waals surface area (Å²) in [7, 11) is 0. The highest BCUT2D eigenvalue weighted by molar-refractivity contribution is 5.61. The van der Waals surface area contributed by atoms with Crippen molar-refractivity contribution in [3.63, 3.8) is 0 Å². The Kier molecular flexibility index (Phi) is 8.61. The lowest BCUT2D eigenvalue weighted by atomic mass is 10.1. The van der Waals surface area contributed by atoms with Crippen LogP contribution < -0.4 is 14.2 Å². The summed E-state index contributed by atoms with van der Waals surface area (Å²) in [6.07, 6.45) is 4.27. The van der Waals surface area contributed by atoms with Crippen LogP contribution >= 0.6 is 0 Å². The lowest BCUT2D eigenvalue weighted by molar-refractivity contribution is 0.170. The summed E-state index contributed by atoms with van der Waals surface area (Å²) < 4.78 is 19.8. The number of benzene rings is 3. The zero-order chi connectivity index (χ0) is 26.2. The Morgan fingerprint density at radius 1 is 0.842 bits per heavy atom. The molecule has 0 radical (unpaired) electrons. The molecule has 1 aliphatic rings. The molecule has 0 fully saturated rings. The van der Waals surface area contributed by atoms with Crippen LogP contribution in [0.5, 0.6) is 17.2 Å². The summed E-state index contributed by atoms with van der Waals surface area (Å²) >= 11 is 0. The Morgan fingerprint density at radius 3 is 2.42 bits per heavy atom. The van der Waals surface area contributed by atoms with E-state index in [-0.39, 0.29) is 0 Å².